The maximum Gasteiger partial charge on any atom is 0.225 e. The Hall–Kier alpha value is -1.99. The maximum absolute atomic E-state index is 12.6. The summed E-state index contributed by atoms with van der Waals surface area (Å²) in [6.45, 7) is 4.97. The quantitative estimate of drug-likeness (QED) is 0.757. The molecule has 1 atom stereocenters. The van der Waals surface area contributed by atoms with Crippen LogP contribution in [0.1, 0.15) is 24.8 Å². The van der Waals surface area contributed by atoms with Crippen molar-refractivity contribution in [2.75, 3.05) is 46.8 Å². The van der Waals surface area contributed by atoms with Gasteiger partial charge in [0.25, 0.3) is 0 Å². The lowest BCUT2D eigenvalue weighted by atomic mass is 10.0. The summed E-state index contributed by atoms with van der Waals surface area (Å²) in [5.41, 5.74) is 1.27. The van der Waals surface area contributed by atoms with Gasteiger partial charge in [0.2, 0.25) is 11.8 Å². The number of pyridine rings is 1. The summed E-state index contributed by atoms with van der Waals surface area (Å²) < 4.78 is 0. The lowest BCUT2D eigenvalue weighted by Crippen LogP contribution is -2.46. The van der Waals surface area contributed by atoms with Crippen LogP contribution in [0.3, 0.4) is 0 Å². The van der Waals surface area contributed by atoms with E-state index in [2.05, 4.69) is 20.1 Å². The minimum atomic E-state index is -0.200. The number of carbonyl (C=O) groups is 2. The van der Waals surface area contributed by atoms with Gasteiger partial charge in [-0.1, -0.05) is 0 Å². The molecule has 2 amide bonds. The monoisotopic (exact) mass is 373 g/mol. The first-order chi connectivity index (χ1) is 13.0. The third kappa shape index (κ3) is 5.74. The van der Waals surface area contributed by atoms with E-state index in [4.69, 9.17) is 0 Å². The molecule has 2 fully saturated rings. The van der Waals surface area contributed by atoms with Crippen molar-refractivity contribution < 1.29 is 9.59 Å². The van der Waals surface area contributed by atoms with Gasteiger partial charge < -0.3 is 15.1 Å². The van der Waals surface area contributed by atoms with Crippen molar-refractivity contribution >= 4 is 11.8 Å². The van der Waals surface area contributed by atoms with Gasteiger partial charge in [-0.05, 0) is 44.6 Å². The Morgan fingerprint density at radius 2 is 1.96 bits per heavy atom. The molecule has 3 rings (SSSR count). The zero-order chi connectivity index (χ0) is 19.2. The number of amides is 2. The van der Waals surface area contributed by atoms with Gasteiger partial charge in [-0.3, -0.25) is 19.5 Å². The van der Waals surface area contributed by atoms with Crippen molar-refractivity contribution in [1.82, 2.24) is 25.0 Å². The minimum Gasteiger partial charge on any atom is -0.353 e. The third-order valence-electron chi connectivity index (χ3n) is 5.49. The number of carbonyl (C=O) groups excluding carboxylic acids is 2. The van der Waals surface area contributed by atoms with Crippen molar-refractivity contribution in [2.45, 2.75) is 31.8 Å². The average Bonchev–Trinajstić information content (AvgIpc) is 3.03. The van der Waals surface area contributed by atoms with Crippen LogP contribution in [0, 0.1) is 5.92 Å². The number of nitrogens with zero attached hydrogens (tertiary/aromatic N) is 4. The zero-order valence-electron chi connectivity index (χ0n) is 16.4. The van der Waals surface area contributed by atoms with Gasteiger partial charge in [-0.2, -0.15) is 0 Å². The molecule has 7 heteroatoms. The molecule has 7 nitrogen and oxygen atoms in total. The maximum atomic E-state index is 12.6. The molecule has 2 saturated heterocycles. The summed E-state index contributed by atoms with van der Waals surface area (Å²) in [7, 11) is 3.98. The van der Waals surface area contributed by atoms with Gasteiger partial charge >= 0.3 is 0 Å². The number of piperidine rings is 1. The number of hydrogen-bond acceptors (Lipinski definition) is 5. The van der Waals surface area contributed by atoms with Crippen molar-refractivity contribution in [3.63, 3.8) is 0 Å². The van der Waals surface area contributed by atoms with Crippen LogP contribution in [0.5, 0.6) is 0 Å². The number of nitrogens with one attached hydrogen (secondary N) is 1. The molecule has 0 bridgehead atoms. The summed E-state index contributed by atoms with van der Waals surface area (Å²) in [6, 6.07) is 4.32. The molecule has 1 N–H and O–H groups in total. The molecule has 0 saturated carbocycles. The van der Waals surface area contributed by atoms with Gasteiger partial charge in [0.05, 0.1) is 5.92 Å². The second-order valence-electron chi connectivity index (χ2n) is 7.96. The van der Waals surface area contributed by atoms with Crippen molar-refractivity contribution in [2.24, 2.45) is 5.92 Å². The smallest absolute Gasteiger partial charge is 0.225 e. The first-order valence-electron chi connectivity index (χ1n) is 9.85. The second-order valence-corrected chi connectivity index (χ2v) is 7.96. The van der Waals surface area contributed by atoms with Crippen molar-refractivity contribution in [1.29, 1.82) is 0 Å². The van der Waals surface area contributed by atoms with Crippen LogP contribution in [0.4, 0.5) is 0 Å². The predicted molar refractivity (Wildman–Crippen MR) is 104 cm³/mol. The Kier molecular flexibility index (Phi) is 6.79. The molecular formula is C20H31N5O2. The van der Waals surface area contributed by atoms with E-state index in [0.717, 1.165) is 39.0 Å². The summed E-state index contributed by atoms with van der Waals surface area (Å²) >= 11 is 0. The molecule has 1 aromatic heterocycles. The fraction of sp³-hybridized carbons (Fsp3) is 0.650. The number of likely N-dealkylation sites (N-methyl/N-ethyl adjacent to an activating group) is 1. The molecule has 148 valence electrons. The Labute approximate surface area is 161 Å². The van der Waals surface area contributed by atoms with Gasteiger partial charge in [-0.15, -0.1) is 0 Å². The number of hydrogen-bond donors (Lipinski definition) is 1. The van der Waals surface area contributed by atoms with E-state index in [1.54, 1.807) is 0 Å². The molecule has 2 aliphatic heterocycles. The molecule has 0 aliphatic carbocycles. The highest BCUT2D eigenvalue weighted by atomic mass is 16.2. The van der Waals surface area contributed by atoms with Crippen LogP contribution in [0.2, 0.25) is 0 Å². The lowest BCUT2D eigenvalue weighted by Gasteiger charge is -2.32. The number of rotatable bonds is 7. The van der Waals surface area contributed by atoms with E-state index in [9.17, 15) is 9.59 Å². The second kappa shape index (κ2) is 9.28. The van der Waals surface area contributed by atoms with E-state index in [0.29, 0.717) is 19.5 Å². The molecule has 0 aromatic carbocycles. The number of likely N-dealkylation sites (tertiary alicyclic amines) is 2. The van der Waals surface area contributed by atoms with Crippen LogP contribution < -0.4 is 5.32 Å². The van der Waals surface area contributed by atoms with E-state index in [1.165, 1.54) is 5.56 Å². The van der Waals surface area contributed by atoms with Crippen LogP contribution >= 0.6 is 0 Å². The summed E-state index contributed by atoms with van der Waals surface area (Å²) in [4.78, 5) is 35.1. The molecular weight excluding hydrogens is 342 g/mol. The molecule has 1 aromatic rings. The topological polar surface area (TPSA) is 68.8 Å². The molecule has 1 unspecified atom stereocenters. The Morgan fingerprint density at radius 1 is 1.26 bits per heavy atom. The Bertz CT molecular complexity index is 629. The predicted octanol–water partition coefficient (Wildman–Crippen LogP) is 0.572. The van der Waals surface area contributed by atoms with Gasteiger partial charge in [-0.25, -0.2) is 0 Å². The van der Waals surface area contributed by atoms with Crippen LogP contribution in [-0.4, -0.2) is 84.4 Å². The average molecular weight is 374 g/mol. The SMILES string of the molecule is CN(C)CCN1CC(C(=O)NC2CCN(Cc3ccncc3)CC2)CC1=O. The molecule has 2 aliphatic rings. The lowest BCUT2D eigenvalue weighted by molar-refractivity contribution is -0.129. The normalized spacial score (nSPS) is 21.8. The fourth-order valence-electron chi connectivity index (χ4n) is 3.79. The van der Waals surface area contributed by atoms with Crippen molar-refractivity contribution in [3.05, 3.63) is 30.1 Å². The van der Waals surface area contributed by atoms with E-state index >= 15 is 0 Å². The third-order valence-corrected chi connectivity index (χ3v) is 5.49. The largest absolute Gasteiger partial charge is 0.353 e. The summed E-state index contributed by atoms with van der Waals surface area (Å²) in [5.74, 6) is -0.0537. The van der Waals surface area contributed by atoms with Gasteiger partial charge in [0.1, 0.15) is 0 Å². The minimum absolute atomic E-state index is 0.0447. The molecule has 0 radical (unpaired) electrons. The highest BCUT2D eigenvalue weighted by Crippen LogP contribution is 2.19. The molecule has 0 spiro atoms. The first-order valence-corrected chi connectivity index (χ1v) is 9.85. The highest BCUT2D eigenvalue weighted by molar-refractivity contribution is 5.89. The highest BCUT2D eigenvalue weighted by Gasteiger charge is 2.35. The standard InChI is InChI=1S/C20H31N5O2/c1-23(2)11-12-25-15-17(13-19(25)26)20(27)22-18-5-9-24(10-6-18)14-16-3-7-21-8-4-16/h3-4,7-8,17-18H,5-6,9-15H2,1-2H3,(H,22,27). The molecule has 27 heavy (non-hydrogen) atoms. The number of aromatic nitrogens is 1. The van der Waals surface area contributed by atoms with Crippen LogP contribution in [-0.2, 0) is 16.1 Å². The van der Waals surface area contributed by atoms with Gasteiger partial charge in [0, 0.05) is 64.1 Å². The zero-order valence-corrected chi connectivity index (χ0v) is 16.4. The Morgan fingerprint density at radius 3 is 2.63 bits per heavy atom. The fourth-order valence-corrected chi connectivity index (χ4v) is 3.79. The van der Waals surface area contributed by atoms with E-state index < -0.39 is 0 Å². The summed E-state index contributed by atoms with van der Waals surface area (Å²) in [5, 5.41) is 3.19. The Balaban J connectivity index is 1.40. The first kappa shape index (κ1) is 19.8. The van der Waals surface area contributed by atoms with Crippen LogP contribution in [0.25, 0.3) is 0 Å². The molecule has 3 heterocycles. The summed E-state index contributed by atoms with van der Waals surface area (Å²) in [6.07, 6.45) is 5.92. The van der Waals surface area contributed by atoms with E-state index in [1.807, 2.05) is 43.5 Å². The van der Waals surface area contributed by atoms with Crippen LogP contribution in [0.15, 0.2) is 24.5 Å². The van der Waals surface area contributed by atoms with E-state index in [-0.39, 0.29) is 23.8 Å². The van der Waals surface area contributed by atoms with Gasteiger partial charge in [0.15, 0.2) is 0 Å². The van der Waals surface area contributed by atoms with Crippen molar-refractivity contribution in [3.8, 4) is 0 Å².